The molecular formula is C27H32N6O5S. The second-order valence-corrected chi connectivity index (χ2v) is 11.1. The minimum Gasteiger partial charge on any atom is -0.494 e. The molecule has 0 bridgehead atoms. The number of aryl methyl sites for hydroxylation is 1. The Bertz CT molecular complexity index is 1490. The molecule has 2 heterocycles. The number of nitrogens with one attached hydrogen (secondary N) is 1. The molecule has 4 rings (SSSR count). The van der Waals surface area contributed by atoms with Crippen LogP contribution in [0.25, 0.3) is 5.69 Å². The number of benzene rings is 2. The monoisotopic (exact) mass is 552 g/mol. The van der Waals surface area contributed by atoms with Crippen molar-refractivity contribution in [1.29, 1.82) is 0 Å². The molecule has 206 valence electrons. The van der Waals surface area contributed by atoms with Crippen LogP contribution in [-0.2, 0) is 14.8 Å². The Hall–Kier alpha value is -4.03. The minimum absolute atomic E-state index is 0.0466. The number of ether oxygens (including phenoxy) is 3. The molecule has 12 heteroatoms. The minimum atomic E-state index is -4.00. The quantitative estimate of drug-likeness (QED) is 0.293. The molecule has 11 nitrogen and oxygen atoms in total. The highest BCUT2D eigenvalue weighted by atomic mass is 32.2. The fourth-order valence-corrected chi connectivity index (χ4v) is 5.39. The first-order valence-electron chi connectivity index (χ1n) is 12.3. The van der Waals surface area contributed by atoms with E-state index in [4.69, 9.17) is 14.2 Å². The maximum absolute atomic E-state index is 13.7. The normalized spacial score (nSPS) is 13.9. The lowest BCUT2D eigenvalue weighted by molar-refractivity contribution is 0.127. The highest BCUT2D eigenvalue weighted by molar-refractivity contribution is 7.93. The Balaban J connectivity index is 1.84. The van der Waals surface area contributed by atoms with Crippen LogP contribution in [0, 0.1) is 6.92 Å². The largest absolute Gasteiger partial charge is 0.494 e. The molecule has 39 heavy (non-hydrogen) atoms. The summed E-state index contributed by atoms with van der Waals surface area (Å²) in [4.78, 5) is 8.63. The summed E-state index contributed by atoms with van der Waals surface area (Å²) in [6.45, 7) is 5.24. The third kappa shape index (κ3) is 5.71. The Kier molecular flexibility index (Phi) is 8.46. The number of aromatic nitrogens is 5. The highest BCUT2D eigenvalue weighted by Gasteiger charge is 2.33. The molecular weight excluding hydrogens is 520 g/mol. The van der Waals surface area contributed by atoms with E-state index >= 15 is 0 Å². The summed E-state index contributed by atoms with van der Waals surface area (Å²) >= 11 is 0. The first-order valence-corrected chi connectivity index (χ1v) is 13.8. The maximum atomic E-state index is 13.7. The third-order valence-electron chi connectivity index (χ3n) is 6.52. The number of nitrogens with zero attached hydrogens (tertiary/aromatic N) is 5. The first-order chi connectivity index (χ1) is 18.7. The zero-order valence-corrected chi connectivity index (χ0v) is 23.5. The van der Waals surface area contributed by atoms with Crippen molar-refractivity contribution in [2.75, 3.05) is 26.1 Å². The van der Waals surface area contributed by atoms with Crippen molar-refractivity contribution in [3.05, 3.63) is 83.7 Å². The molecule has 0 saturated carbocycles. The average molecular weight is 553 g/mol. The summed E-state index contributed by atoms with van der Waals surface area (Å²) in [6, 6.07) is 14.7. The number of rotatable bonds is 11. The second-order valence-electron chi connectivity index (χ2n) is 9.01. The number of hydrogen-bond donors (Lipinski definition) is 1. The van der Waals surface area contributed by atoms with Crippen LogP contribution >= 0.6 is 0 Å². The number of sulfonamides is 1. The predicted molar refractivity (Wildman–Crippen MR) is 147 cm³/mol. The van der Waals surface area contributed by atoms with Crippen LogP contribution in [0.1, 0.15) is 48.6 Å². The molecule has 0 aliphatic heterocycles. The van der Waals surface area contributed by atoms with E-state index in [-0.39, 0.29) is 5.95 Å². The average Bonchev–Trinajstić information content (AvgIpc) is 3.34. The summed E-state index contributed by atoms with van der Waals surface area (Å²) in [7, 11) is 0.580. The van der Waals surface area contributed by atoms with Crippen molar-refractivity contribution in [1.82, 2.24) is 24.7 Å². The molecule has 0 spiro atoms. The SMILES string of the molecule is COc1cccc(OC)c1-n1c(NS(=O)(=O)C(C)C(C)c2ncc(C)cn2)nnc1C(OC)c1ccccc1. The summed E-state index contributed by atoms with van der Waals surface area (Å²) in [5.74, 6) is 1.05. The molecule has 0 fully saturated rings. The van der Waals surface area contributed by atoms with Crippen LogP contribution in [0.5, 0.6) is 11.5 Å². The van der Waals surface area contributed by atoms with Gasteiger partial charge >= 0.3 is 0 Å². The lowest BCUT2D eigenvalue weighted by atomic mass is 10.1. The van der Waals surface area contributed by atoms with E-state index in [0.29, 0.717) is 28.8 Å². The summed E-state index contributed by atoms with van der Waals surface area (Å²) in [5.41, 5.74) is 2.10. The van der Waals surface area contributed by atoms with Crippen molar-refractivity contribution < 1.29 is 22.6 Å². The van der Waals surface area contributed by atoms with Crippen LogP contribution in [0.3, 0.4) is 0 Å². The van der Waals surface area contributed by atoms with Gasteiger partial charge in [0.05, 0.1) is 19.5 Å². The molecule has 0 amide bonds. The van der Waals surface area contributed by atoms with E-state index in [1.165, 1.54) is 14.2 Å². The number of hydrogen-bond acceptors (Lipinski definition) is 9. The summed E-state index contributed by atoms with van der Waals surface area (Å²) in [6.07, 6.45) is 2.65. The molecule has 3 unspecified atom stereocenters. The van der Waals surface area contributed by atoms with Gasteiger partial charge in [0.1, 0.15) is 29.1 Å². The molecule has 3 atom stereocenters. The van der Waals surface area contributed by atoms with Crippen molar-refractivity contribution in [3.63, 3.8) is 0 Å². The molecule has 0 aliphatic rings. The summed E-state index contributed by atoms with van der Waals surface area (Å²) in [5, 5.41) is 7.72. The van der Waals surface area contributed by atoms with Crippen LogP contribution in [0.4, 0.5) is 5.95 Å². The van der Waals surface area contributed by atoms with Gasteiger partial charge in [-0.2, -0.15) is 0 Å². The fourth-order valence-electron chi connectivity index (χ4n) is 4.16. The molecule has 0 radical (unpaired) electrons. The van der Waals surface area contributed by atoms with E-state index in [0.717, 1.165) is 11.1 Å². The zero-order valence-electron chi connectivity index (χ0n) is 22.7. The van der Waals surface area contributed by atoms with E-state index in [9.17, 15) is 8.42 Å². The first kappa shape index (κ1) is 28.0. The highest BCUT2D eigenvalue weighted by Crippen LogP contribution is 2.38. The van der Waals surface area contributed by atoms with Gasteiger partial charge in [-0.05, 0) is 37.1 Å². The van der Waals surface area contributed by atoms with Gasteiger partial charge in [0.2, 0.25) is 16.0 Å². The Morgan fingerprint density at radius 3 is 2.05 bits per heavy atom. The lowest BCUT2D eigenvalue weighted by Gasteiger charge is -2.23. The predicted octanol–water partition coefficient (Wildman–Crippen LogP) is 4.05. The molecule has 2 aromatic carbocycles. The van der Waals surface area contributed by atoms with Gasteiger partial charge in [0.25, 0.3) is 0 Å². The van der Waals surface area contributed by atoms with Crippen LogP contribution < -0.4 is 14.2 Å². The van der Waals surface area contributed by atoms with Gasteiger partial charge in [-0.3, -0.25) is 9.29 Å². The van der Waals surface area contributed by atoms with Crippen molar-refractivity contribution in [2.24, 2.45) is 0 Å². The standard InChI is InChI=1S/C27H32N6O5S/c1-17-15-28-25(29-16-17)18(2)19(3)39(34,35)32-27-31-30-26(24(38-6)20-11-8-7-9-12-20)33(27)23-21(36-4)13-10-14-22(23)37-5/h7-16,18-19,24H,1-6H3,(H,31,32). The Morgan fingerprint density at radius 2 is 1.49 bits per heavy atom. The maximum Gasteiger partial charge on any atom is 0.243 e. The smallest absolute Gasteiger partial charge is 0.243 e. The molecule has 2 aromatic heterocycles. The summed E-state index contributed by atoms with van der Waals surface area (Å²) < 4.78 is 48.6. The number of anilines is 1. The lowest BCUT2D eigenvalue weighted by Crippen LogP contribution is -2.31. The van der Waals surface area contributed by atoms with Crippen LogP contribution in [0.2, 0.25) is 0 Å². The topological polar surface area (TPSA) is 130 Å². The molecule has 1 N–H and O–H groups in total. The van der Waals surface area contributed by atoms with E-state index in [2.05, 4.69) is 24.9 Å². The van der Waals surface area contributed by atoms with Crippen LogP contribution in [0.15, 0.2) is 60.9 Å². The Labute approximate surface area is 228 Å². The van der Waals surface area contributed by atoms with Crippen LogP contribution in [-0.4, -0.2) is 59.7 Å². The molecule has 0 saturated heterocycles. The van der Waals surface area contributed by atoms with E-state index < -0.39 is 27.3 Å². The fraction of sp³-hybridized carbons (Fsp3) is 0.333. The van der Waals surface area contributed by atoms with E-state index in [1.54, 1.807) is 56.1 Å². The third-order valence-corrected chi connectivity index (χ3v) is 8.38. The molecule has 0 aliphatic carbocycles. The van der Waals surface area contributed by atoms with Gasteiger partial charge in [0.15, 0.2) is 5.82 Å². The van der Waals surface area contributed by atoms with Crippen molar-refractivity contribution in [3.8, 4) is 17.2 Å². The van der Waals surface area contributed by atoms with E-state index in [1.807, 2.05) is 37.3 Å². The molecule has 4 aromatic rings. The second kappa shape index (κ2) is 11.8. The van der Waals surface area contributed by atoms with Crippen molar-refractivity contribution >= 4 is 16.0 Å². The van der Waals surface area contributed by atoms with Gasteiger partial charge in [-0.25, -0.2) is 18.4 Å². The van der Waals surface area contributed by atoms with Gasteiger partial charge in [-0.1, -0.05) is 43.3 Å². The Morgan fingerprint density at radius 1 is 0.872 bits per heavy atom. The van der Waals surface area contributed by atoms with Gasteiger partial charge < -0.3 is 14.2 Å². The zero-order chi connectivity index (χ0) is 28.2. The number of methoxy groups -OCH3 is 3. The van der Waals surface area contributed by atoms with Gasteiger partial charge in [0, 0.05) is 25.4 Å². The van der Waals surface area contributed by atoms with Gasteiger partial charge in [-0.15, -0.1) is 10.2 Å². The number of para-hydroxylation sites is 1. The van der Waals surface area contributed by atoms with Crippen molar-refractivity contribution in [2.45, 2.75) is 38.0 Å².